The number of para-hydroxylation sites is 7. The fraction of sp³-hybridized carbons (Fsp3) is 0.0323. The van der Waals surface area contributed by atoms with E-state index >= 15 is 0 Å². The van der Waals surface area contributed by atoms with Crippen molar-refractivity contribution in [3.8, 4) is 22.7 Å². The molecule has 0 saturated heterocycles. The molecule has 0 bridgehead atoms. The summed E-state index contributed by atoms with van der Waals surface area (Å²) >= 11 is 0. The highest BCUT2D eigenvalue weighted by molar-refractivity contribution is 6.36. The van der Waals surface area contributed by atoms with Crippen molar-refractivity contribution in [1.82, 2.24) is 18.3 Å². The van der Waals surface area contributed by atoms with Gasteiger partial charge in [0, 0.05) is 102 Å². The number of anilines is 4. The second-order valence-electron chi connectivity index (χ2n) is 35.5. The van der Waals surface area contributed by atoms with Gasteiger partial charge in [-0.2, -0.15) is 0 Å². The summed E-state index contributed by atoms with van der Waals surface area (Å²) in [6.45, 7) is 3.85. The summed E-state index contributed by atoms with van der Waals surface area (Å²) in [5, 5.41) is 39.8. The van der Waals surface area contributed by atoms with Gasteiger partial charge in [0.2, 0.25) is 0 Å². The molecular formula is C124H80N6. The first-order valence-corrected chi connectivity index (χ1v) is 45.5. The maximum absolute atomic E-state index is 2.56. The number of rotatable bonds is 12. The van der Waals surface area contributed by atoms with Gasteiger partial charge in [0.1, 0.15) is 0 Å². The minimum atomic E-state index is 0.748. The fourth-order valence-electron chi connectivity index (χ4n) is 23.1. The van der Waals surface area contributed by atoms with E-state index in [0.717, 1.165) is 59.2 Å². The zero-order valence-electron chi connectivity index (χ0n) is 71.3. The van der Waals surface area contributed by atoms with Crippen molar-refractivity contribution in [2.45, 2.75) is 13.3 Å². The lowest BCUT2D eigenvalue weighted by atomic mass is 9.88. The van der Waals surface area contributed by atoms with E-state index in [1.807, 2.05) is 0 Å². The Morgan fingerprint density at radius 2 is 0.408 bits per heavy atom. The number of fused-ring (bicyclic) bond motifs is 36. The van der Waals surface area contributed by atoms with Crippen molar-refractivity contribution in [3.05, 3.63) is 436 Å². The van der Waals surface area contributed by atoms with Crippen LogP contribution < -0.4 is 9.80 Å². The highest BCUT2D eigenvalue weighted by Gasteiger charge is 2.26. The van der Waals surface area contributed by atoms with E-state index < -0.39 is 0 Å². The van der Waals surface area contributed by atoms with Crippen LogP contribution in [-0.4, -0.2) is 31.4 Å². The van der Waals surface area contributed by atoms with Gasteiger partial charge in [-0.1, -0.05) is 255 Å². The summed E-state index contributed by atoms with van der Waals surface area (Å²) < 4.78 is 9.97. The third-order valence-corrected chi connectivity index (χ3v) is 28.9. The third-order valence-electron chi connectivity index (χ3n) is 28.9. The van der Waals surface area contributed by atoms with E-state index in [1.54, 1.807) is 0 Å². The molecule has 28 rings (SSSR count). The summed E-state index contributed by atoms with van der Waals surface area (Å²) in [6, 6.07) is 163. The Balaban J connectivity index is 0.587. The fourth-order valence-corrected chi connectivity index (χ4v) is 23.1. The zero-order chi connectivity index (χ0) is 85.1. The Hall–Kier alpha value is -16.8. The van der Waals surface area contributed by atoms with E-state index in [2.05, 4.69) is 466 Å². The van der Waals surface area contributed by atoms with Crippen molar-refractivity contribution >= 4 is 239 Å². The number of nitrogens with zero attached hydrogens (tertiary/aromatic N) is 6. The molecule has 4 aromatic heterocycles. The Labute approximate surface area is 747 Å². The monoisotopic (exact) mass is 1650 g/mol. The number of hydrogen-bond acceptors (Lipinski definition) is 2. The van der Waals surface area contributed by atoms with E-state index in [-0.39, 0.29) is 0 Å². The molecule has 0 radical (unpaired) electrons. The average Bonchev–Trinajstić information content (AvgIpc) is 1.70. The molecule has 0 amide bonds. The lowest BCUT2D eigenvalue weighted by Gasteiger charge is -2.26. The molecule has 130 heavy (non-hydrogen) atoms. The predicted molar refractivity (Wildman–Crippen MR) is 557 cm³/mol. The molecule has 0 aliphatic rings. The Kier molecular flexibility index (Phi) is 15.7. The van der Waals surface area contributed by atoms with E-state index in [9.17, 15) is 0 Å². The number of aromatic nitrogens is 4. The second kappa shape index (κ2) is 28.1. The SMILES string of the molecule is CCN(c1ccccc1)c1ccc2c(c1)c1ccccc1c1cc3c4ccc(N(CCc5ccc6c(c5)c5cc7c8ccccc8n(-c8ccccc8)c7cc5n6-c5ccc6c(c5)c5ccccc5c5cc7c8ccc(-n9c%10ccccc%10c%10cc%11c%12ccccc%12n(-c%12ccccc%12)c%11cc%109)cc8c8ccccc8c7cc65)c5ccccc5)cc4c4ccccc4c3cc21. The molecule has 6 nitrogen and oxygen atoms in total. The maximum Gasteiger partial charge on any atom is 0.0562 e. The van der Waals surface area contributed by atoms with E-state index in [1.165, 1.54) is 228 Å². The summed E-state index contributed by atoms with van der Waals surface area (Å²) in [7, 11) is 0. The molecular weight excluding hydrogens is 1570 g/mol. The van der Waals surface area contributed by atoms with Crippen molar-refractivity contribution in [2.24, 2.45) is 0 Å². The van der Waals surface area contributed by atoms with Crippen molar-refractivity contribution < 1.29 is 0 Å². The smallest absolute Gasteiger partial charge is 0.0562 e. The summed E-state index contributed by atoms with van der Waals surface area (Å²) in [5.74, 6) is 0. The predicted octanol–water partition coefficient (Wildman–Crippen LogP) is 33.5. The van der Waals surface area contributed by atoms with Crippen LogP contribution in [0.3, 0.4) is 0 Å². The van der Waals surface area contributed by atoms with Crippen molar-refractivity contribution in [3.63, 3.8) is 0 Å². The molecule has 0 saturated carbocycles. The van der Waals surface area contributed by atoms with Crippen molar-refractivity contribution in [2.75, 3.05) is 22.9 Å². The second-order valence-corrected chi connectivity index (χ2v) is 35.5. The molecule has 606 valence electrons. The lowest BCUT2D eigenvalue weighted by molar-refractivity contribution is 0.916. The Morgan fingerprint density at radius 3 is 0.769 bits per heavy atom. The van der Waals surface area contributed by atoms with Gasteiger partial charge in [-0.3, -0.25) is 0 Å². The standard InChI is InChI=1S/C124H80N6/c1-2-125(77-29-7-3-8-30-77)81-52-56-93-100(64-81)85-37-15-19-41-89(85)104-69-109-94-57-53-82(65-101(94)86-38-16-20-42-90(86)105(109)68-108(93)104)126(78-31-9-4-10-32-78)62-61-76-51-60-120-112(63-76)116-73-115-98-46-24-27-49-118(98)128(80-35-13-6-14-36-80)122(115)75-124(116)130(120)84-55-59-96-103(67-84)88-40-18-22-44-92(88)107-70-110-95-58-54-83(66-102(95)87-39-17-21-43-91(87)106(110)71-111(96)107)129-119-50-28-25-47-99(119)114-72-113-97-45-23-26-48-117(97)127(121(113)74-123(114)129)79-33-11-5-12-34-79/h3-60,63-75H,2,61-62H2,1H3. The van der Waals surface area contributed by atoms with E-state index in [4.69, 9.17) is 0 Å². The van der Waals surface area contributed by atoms with Gasteiger partial charge in [0.05, 0.1) is 44.1 Å². The highest BCUT2D eigenvalue weighted by atomic mass is 15.1. The van der Waals surface area contributed by atoms with Crippen LogP contribution in [0, 0.1) is 0 Å². The minimum Gasteiger partial charge on any atom is -0.342 e. The summed E-state index contributed by atoms with van der Waals surface area (Å²) in [5.41, 5.74) is 19.9. The quantitative estimate of drug-likeness (QED) is 0.0900. The largest absolute Gasteiger partial charge is 0.342 e. The number of hydrogen-bond donors (Lipinski definition) is 0. The van der Waals surface area contributed by atoms with Gasteiger partial charge in [0.25, 0.3) is 0 Å². The van der Waals surface area contributed by atoms with Gasteiger partial charge < -0.3 is 28.1 Å². The van der Waals surface area contributed by atoms with Crippen LogP contribution in [0.1, 0.15) is 12.5 Å². The molecule has 0 spiro atoms. The van der Waals surface area contributed by atoms with Gasteiger partial charge in [-0.15, -0.1) is 0 Å². The lowest BCUT2D eigenvalue weighted by Crippen LogP contribution is -2.20. The first kappa shape index (κ1) is 72.5. The van der Waals surface area contributed by atoms with Crippen LogP contribution in [0.15, 0.2) is 431 Å². The van der Waals surface area contributed by atoms with Crippen LogP contribution in [0.2, 0.25) is 0 Å². The molecule has 4 heterocycles. The number of benzene rings is 24. The first-order valence-electron chi connectivity index (χ1n) is 45.5. The first-order chi connectivity index (χ1) is 64.4. The molecule has 0 aliphatic heterocycles. The third kappa shape index (κ3) is 10.6. The molecule has 24 aromatic carbocycles. The van der Waals surface area contributed by atoms with Crippen molar-refractivity contribution in [1.29, 1.82) is 0 Å². The van der Waals surface area contributed by atoms with Crippen LogP contribution in [0.4, 0.5) is 22.7 Å². The molecule has 28 aromatic rings. The Bertz CT molecular complexity index is 9740. The zero-order valence-corrected chi connectivity index (χ0v) is 71.3. The average molecular weight is 1650 g/mol. The van der Waals surface area contributed by atoms with Crippen LogP contribution in [0.5, 0.6) is 0 Å². The molecule has 0 unspecified atom stereocenters. The van der Waals surface area contributed by atoms with Gasteiger partial charge in [0.15, 0.2) is 0 Å². The Morgan fingerprint density at radius 1 is 0.154 bits per heavy atom. The molecule has 0 atom stereocenters. The normalized spacial score (nSPS) is 12.3. The molecule has 6 heteroatoms. The van der Waals surface area contributed by atoms with Gasteiger partial charge in [-0.05, 0) is 324 Å². The van der Waals surface area contributed by atoms with E-state index in [0.29, 0.717) is 0 Å². The highest BCUT2D eigenvalue weighted by Crippen LogP contribution is 2.50. The molecule has 0 N–H and O–H groups in total. The van der Waals surface area contributed by atoms with Crippen LogP contribution >= 0.6 is 0 Å². The maximum atomic E-state index is 2.56. The van der Waals surface area contributed by atoms with Crippen LogP contribution in [-0.2, 0) is 6.42 Å². The molecule has 0 aliphatic carbocycles. The topological polar surface area (TPSA) is 26.2 Å². The molecule has 0 fully saturated rings. The minimum absolute atomic E-state index is 0.748. The van der Waals surface area contributed by atoms with Crippen LogP contribution in [0.25, 0.3) is 239 Å². The van der Waals surface area contributed by atoms with Gasteiger partial charge >= 0.3 is 0 Å². The summed E-state index contributed by atoms with van der Waals surface area (Å²) in [6.07, 6.45) is 0.798. The van der Waals surface area contributed by atoms with Gasteiger partial charge in [-0.25, -0.2) is 0 Å². The summed E-state index contributed by atoms with van der Waals surface area (Å²) in [4.78, 5) is 4.96.